The molecule has 0 radical (unpaired) electrons. The van der Waals surface area contributed by atoms with Crippen LogP contribution in [0.1, 0.15) is 40.3 Å². The number of rotatable bonds is 1. The van der Waals surface area contributed by atoms with Crippen molar-refractivity contribution in [1.29, 1.82) is 0 Å². The van der Waals surface area contributed by atoms with Gasteiger partial charge in [-0.15, -0.1) is 11.8 Å². The highest BCUT2D eigenvalue weighted by Crippen LogP contribution is 2.50. The first-order chi connectivity index (χ1) is 13.7. The van der Waals surface area contributed by atoms with E-state index in [1.54, 1.807) is 0 Å². The Kier molecular flexibility index (Phi) is 4.90. The Bertz CT molecular complexity index is 1050. The van der Waals surface area contributed by atoms with Gasteiger partial charge in [0.15, 0.2) is 0 Å². The third-order valence-electron chi connectivity index (χ3n) is 5.78. The minimum atomic E-state index is 0.377. The molecular formula is C25H22BrNS. The van der Waals surface area contributed by atoms with Crippen LogP contribution in [0.2, 0.25) is 0 Å². The quantitative estimate of drug-likeness (QED) is 0.372. The molecule has 0 N–H and O–H groups in total. The van der Waals surface area contributed by atoms with Crippen molar-refractivity contribution in [2.24, 2.45) is 10.9 Å². The number of benzene rings is 3. The van der Waals surface area contributed by atoms with E-state index in [9.17, 15) is 0 Å². The molecule has 0 bridgehead atoms. The molecule has 1 aliphatic carbocycles. The summed E-state index contributed by atoms with van der Waals surface area (Å²) >= 11 is 5.57. The van der Waals surface area contributed by atoms with E-state index in [0.29, 0.717) is 11.2 Å². The van der Waals surface area contributed by atoms with Gasteiger partial charge in [0.2, 0.25) is 0 Å². The van der Waals surface area contributed by atoms with Crippen LogP contribution in [-0.4, -0.2) is 5.71 Å². The number of hydrogen-bond donors (Lipinski definition) is 0. The highest BCUT2D eigenvalue weighted by molar-refractivity contribution is 9.10. The van der Waals surface area contributed by atoms with Crippen LogP contribution in [-0.2, 0) is 6.42 Å². The molecule has 0 spiro atoms. The van der Waals surface area contributed by atoms with Crippen molar-refractivity contribution in [3.63, 3.8) is 0 Å². The second kappa shape index (κ2) is 7.53. The molecule has 2 aliphatic rings. The van der Waals surface area contributed by atoms with Crippen LogP contribution in [0.15, 0.2) is 81.1 Å². The van der Waals surface area contributed by atoms with Crippen molar-refractivity contribution in [3.05, 3.63) is 93.5 Å². The highest BCUT2D eigenvalue weighted by atomic mass is 79.9. The molecular weight excluding hydrogens is 426 g/mol. The van der Waals surface area contributed by atoms with E-state index in [-0.39, 0.29) is 0 Å². The molecule has 0 aromatic heterocycles. The van der Waals surface area contributed by atoms with Gasteiger partial charge in [0, 0.05) is 20.5 Å². The minimum Gasteiger partial charge on any atom is -0.251 e. The Labute approximate surface area is 179 Å². The smallest absolute Gasteiger partial charge is 0.0769 e. The summed E-state index contributed by atoms with van der Waals surface area (Å²) in [5, 5.41) is 0.377. The summed E-state index contributed by atoms with van der Waals surface area (Å²) < 4.78 is 1.13. The molecule has 2 unspecified atom stereocenters. The fraction of sp³-hybridized carbons (Fsp3) is 0.240. The number of para-hydroxylation sites is 1. The molecule has 1 nitrogen and oxygen atoms in total. The largest absolute Gasteiger partial charge is 0.251 e. The Morgan fingerprint density at radius 1 is 1.00 bits per heavy atom. The molecule has 0 fully saturated rings. The van der Waals surface area contributed by atoms with Gasteiger partial charge in [0.05, 0.1) is 11.4 Å². The van der Waals surface area contributed by atoms with Gasteiger partial charge in [-0.05, 0) is 73.2 Å². The number of nitrogens with zero attached hydrogens (tertiary/aromatic N) is 1. The van der Waals surface area contributed by atoms with E-state index >= 15 is 0 Å². The van der Waals surface area contributed by atoms with Crippen molar-refractivity contribution in [2.45, 2.75) is 36.3 Å². The summed E-state index contributed by atoms with van der Waals surface area (Å²) in [7, 11) is 0. The molecule has 0 saturated carbocycles. The second-order valence-electron chi connectivity index (χ2n) is 7.71. The van der Waals surface area contributed by atoms with E-state index in [1.165, 1.54) is 45.7 Å². The number of aliphatic imine (C=N–C) groups is 1. The topological polar surface area (TPSA) is 12.4 Å². The van der Waals surface area contributed by atoms with Crippen LogP contribution in [0.25, 0.3) is 0 Å². The van der Waals surface area contributed by atoms with Crippen LogP contribution in [0.3, 0.4) is 0 Å². The summed E-state index contributed by atoms with van der Waals surface area (Å²) in [5.41, 5.74) is 7.90. The molecule has 2 atom stereocenters. The van der Waals surface area contributed by atoms with Crippen molar-refractivity contribution in [3.8, 4) is 0 Å². The second-order valence-corrected chi connectivity index (χ2v) is 9.81. The maximum absolute atomic E-state index is 5.28. The number of thioether (sulfide) groups is 1. The van der Waals surface area contributed by atoms with Crippen LogP contribution >= 0.6 is 27.7 Å². The number of aryl methyl sites for hydroxylation is 2. The summed E-state index contributed by atoms with van der Waals surface area (Å²) in [6.45, 7) is 2.19. The van der Waals surface area contributed by atoms with E-state index in [1.807, 2.05) is 11.8 Å². The molecule has 1 aliphatic heterocycles. The highest BCUT2D eigenvalue weighted by Gasteiger charge is 2.34. The molecule has 5 rings (SSSR count). The fourth-order valence-electron chi connectivity index (χ4n) is 4.38. The maximum atomic E-state index is 5.28. The summed E-state index contributed by atoms with van der Waals surface area (Å²) in [5.74, 6) is 0.418. The van der Waals surface area contributed by atoms with Gasteiger partial charge < -0.3 is 0 Å². The predicted octanol–water partition coefficient (Wildman–Crippen LogP) is 7.68. The van der Waals surface area contributed by atoms with Crippen LogP contribution in [0, 0.1) is 12.8 Å². The van der Waals surface area contributed by atoms with Gasteiger partial charge in [-0.1, -0.05) is 57.9 Å². The van der Waals surface area contributed by atoms with Gasteiger partial charge in [-0.2, -0.15) is 0 Å². The van der Waals surface area contributed by atoms with E-state index in [2.05, 4.69) is 89.6 Å². The van der Waals surface area contributed by atoms with Crippen molar-refractivity contribution in [1.82, 2.24) is 0 Å². The molecule has 1 heterocycles. The lowest BCUT2D eigenvalue weighted by Crippen LogP contribution is -2.20. The van der Waals surface area contributed by atoms with Gasteiger partial charge in [-0.3, -0.25) is 4.99 Å². The van der Waals surface area contributed by atoms with Crippen molar-refractivity contribution >= 4 is 39.1 Å². The average molecular weight is 448 g/mol. The van der Waals surface area contributed by atoms with Gasteiger partial charge in [-0.25, -0.2) is 0 Å². The zero-order valence-corrected chi connectivity index (χ0v) is 18.3. The molecule has 0 amide bonds. The van der Waals surface area contributed by atoms with Gasteiger partial charge in [0.25, 0.3) is 0 Å². The number of fused-ring (bicyclic) bond motifs is 4. The number of hydrogen-bond acceptors (Lipinski definition) is 2. The predicted molar refractivity (Wildman–Crippen MR) is 123 cm³/mol. The molecule has 0 saturated heterocycles. The van der Waals surface area contributed by atoms with E-state index < -0.39 is 0 Å². The molecule has 3 aromatic rings. The lowest BCUT2D eigenvalue weighted by Gasteiger charge is -2.26. The average Bonchev–Trinajstić information content (AvgIpc) is 2.97. The van der Waals surface area contributed by atoms with E-state index in [4.69, 9.17) is 4.99 Å². The minimum absolute atomic E-state index is 0.377. The summed E-state index contributed by atoms with van der Waals surface area (Å²) in [6.07, 6.45) is 3.53. The monoisotopic (exact) mass is 447 g/mol. The molecule has 28 heavy (non-hydrogen) atoms. The van der Waals surface area contributed by atoms with Crippen LogP contribution in [0.5, 0.6) is 0 Å². The van der Waals surface area contributed by atoms with Crippen molar-refractivity contribution < 1.29 is 0 Å². The molecule has 140 valence electrons. The third kappa shape index (κ3) is 3.35. The fourth-order valence-corrected chi connectivity index (χ4v) is 6.04. The third-order valence-corrected chi connectivity index (χ3v) is 7.76. The Balaban J connectivity index is 1.72. The van der Waals surface area contributed by atoms with Crippen LogP contribution in [0.4, 0.5) is 5.69 Å². The molecule has 3 heteroatoms. The SMILES string of the molecule is Cc1ccc2c(c1)C1=Nc3ccccc3SC(c3ccc(Br)cc3)C1CCC2. The Hall–Kier alpha value is -1.84. The van der Waals surface area contributed by atoms with Crippen molar-refractivity contribution in [2.75, 3.05) is 0 Å². The first-order valence-electron chi connectivity index (χ1n) is 9.89. The number of halogens is 1. The summed E-state index contributed by atoms with van der Waals surface area (Å²) in [6, 6.07) is 24.4. The lowest BCUT2D eigenvalue weighted by molar-refractivity contribution is 0.589. The van der Waals surface area contributed by atoms with Gasteiger partial charge >= 0.3 is 0 Å². The standard InChI is InChI=1S/C25H22BrNS/c1-16-9-10-17-5-4-6-20-24(21(17)15-16)27-22-7-2-3-8-23(22)28-25(20)18-11-13-19(26)14-12-18/h2-3,7-15,20,25H,4-6H2,1H3. The first kappa shape index (κ1) is 18.2. The van der Waals surface area contributed by atoms with Crippen LogP contribution < -0.4 is 0 Å². The van der Waals surface area contributed by atoms with E-state index in [0.717, 1.165) is 16.6 Å². The summed E-state index contributed by atoms with van der Waals surface area (Å²) in [4.78, 5) is 6.57. The molecule has 3 aromatic carbocycles. The maximum Gasteiger partial charge on any atom is 0.0769 e. The lowest BCUT2D eigenvalue weighted by atomic mass is 9.87. The zero-order chi connectivity index (χ0) is 19.1. The normalized spacial score (nSPS) is 20.9. The Morgan fingerprint density at radius 3 is 2.68 bits per heavy atom. The zero-order valence-electron chi connectivity index (χ0n) is 15.9. The first-order valence-corrected chi connectivity index (χ1v) is 11.6. The Morgan fingerprint density at radius 2 is 1.82 bits per heavy atom. The van der Waals surface area contributed by atoms with Gasteiger partial charge in [0.1, 0.15) is 0 Å².